The molecule has 0 unspecified atom stereocenters. The molecule has 0 saturated heterocycles. The first-order valence-corrected chi connectivity index (χ1v) is 34.2. The molecule has 0 bridgehead atoms. The van der Waals surface area contributed by atoms with Crippen molar-refractivity contribution in [1.29, 1.82) is 0 Å². The molecule has 0 aliphatic carbocycles. The number of oxime groups is 1. The zero-order chi connectivity index (χ0) is 31.3. The second-order valence-corrected chi connectivity index (χ2v) is 49.0. The molecule has 1 aliphatic heterocycles. The zero-order valence-electron chi connectivity index (χ0n) is 29.0. The van der Waals surface area contributed by atoms with Crippen molar-refractivity contribution in [2.24, 2.45) is 5.16 Å². The Balaban J connectivity index is 2.68. The minimum atomic E-state index is -4.35. The first-order valence-electron chi connectivity index (χ1n) is 15.4. The average molecular weight is 734 g/mol. The van der Waals surface area contributed by atoms with Gasteiger partial charge in [0.25, 0.3) is 0 Å². The summed E-state index contributed by atoms with van der Waals surface area (Å²) in [7, 11) is -7.69. The van der Waals surface area contributed by atoms with Gasteiger partial charge in [-0.25, -0.2) is 0 Å². The van der Waals surface area contributed by atoms with Crippen molar-refractivity contribution < 1.29 is 3.17 Å². The molecular formula is C31H58N4OSi4Sn. The Labute approximate surface area is 262 Å². The van der Waals surface area contributed by atoms with E-state index in [2.05, 4.69) is 163 Å². The third-order valence-electron chi connectivity index (χ3n) is 7.62. The summed E-state index contributed by atoms with van der Waals surface area (Å²) in [4.78, 5) is 0. The summed E-state index contributed by atoms with van der Waals surface area (Å²) < 4.78 is 16.5. The molecule has 2 aromatic carbocycles. The van der Waals surface area contributed by atoms with Crippen LogP contribution in [0.3, 0.4) is 0 Å². The van der Waals surface area contributed by atoms with Crippen molar-refractivity contribution in [3.8, 4) is 0 Å². The number of hydrogen-bond acceptors (Lipinski definition) is 5. The second kappa shape index (κ2) is 12.0. The Hall–Kier alpha value is -0.704. The van der Waals surface area contributed by atoms with Gasteiger partial charge in [-0.15, -0.1) is 0 Å². The summed E-state index contributed by atoms with van der Waals surface area (Å²) in [6.45, 7) is 40.0. The molecule has 0 saturated carbocycles. The van der Waals surface area contributed by atoms with Crippen molar-refractivity contribution in [3.63, 3.8) is 0 Å². The van der Waals surface area contributed by atoms with Gasteiger partial charge in [-0.1, -0.05) is 0 Å². The van der Waals surface area contributed by atoms with Crippen LogP contribution in [0.1, 0.15) is 56.2 Å². The third kappa shape index (κ3) is 6.86. The Morgan fingerprint density at radius 1 is 0.610 bits per heavy atom. The Morgan fingerprint density at radius 2 is 1.00 bits per heavy atom. The van der Waals surface area contributed by atoms with Crippen molar-refractivity contribution in [2.45, 2.75) is 118 Å². The predicted molar refractivity (Wildman–Crippen MR) is 194 cm³/mol. The fourth-order valence-corrected chi connectivity index (χ4v) is 71.8. The van der Waals surface area contributed by atoms with E-state index in [1.54, 1.807) is 0 Å². The van der Waals surface area contributed by atoms with E-state index >= 15 is 0 Å². The molecule has 0 amide bonds. The van der Waals surface area contributed by atoms with Crippen LogP contribution in [-0.2, 0) is 3.17 Å². The summed E-state index contributed by atoms with van der Waals surface area (Å²) in [6, 6.07) is 17.9. The minimum absolute atomic E-state index is 0.379. The van der Waals surface area contributed by atoms with Crippen LogP contribution in [0.25, 0.3) is 0 Å². The first kappa shape index (κ1) is 34.8. The van der Waals surface area contributed by atoms with Gasteiger partial charge in [0.2, 0.25) is 0 Å². The van der Waals surface area contributed by atoms with Crippen molar-refractivity contribution >= 4 is 64.1 Å². The Morgan fingerprint density at radius 3 is 1.34 bits per heavy atom. The van der Waals surface area contributed by atoms with Crippen LogP contribution in [0.2, 0.25) is 78.6 Å². The molecule has 0 N–H and O–H groups in total. The number of benzene rings is 2. The van der Waals surface area contributed by atoms with Crippen molar-refractivity contribution in [1.82, 2.24) is 4.91 Å². The van der Waals surface area contributed by atoms with Gasteiger partial charge in [-0.2, -0.15) is 0 Å². The summed E-state index contributed by atoms with van der Waals surface area (Å²) in [5.74, 6) is 1.77. The van der Waals surface area contributed by atoms with Crippen LogP contribution in [0, 0.1) is 0 Å². The van der Waals surface area contributed by atoms with Gasteiger partial charge >= 0.3 is 264 Å². The zero-order valence-corrected chi connectivity index (χ0v) is 35.8. The van der Waals surface area contributed by atoms with E-state index in [0.29, 0.717) is 11.8 Å². The number of para-hydroxylation sites is 1. The van der Waals surface area contributed by atoms with E-state index in [9.17, 15) is 0 Å². The van der Waals surface area contributed by atoms with Crippen molar-refractivity contribution in [3.05, 3.63) is 65.2 Å². The molecule has 0 fully saturated rings. The molecule has 0 atom stereocenters. The van der Waals surface area contributed by atoms with E-state index in [1.165, 1.54) is 16.8 Å². The summed E-state index contributed by atoms with van der Waals surface area (Å²) in [5, 5.41) is 5.26. The fourth-order valence-electron chi connectivity index (χ4n) is 7.26. The molecule has 0 radical (unpaired) electrons. The maximum atomic E-state index is 7.49. The van der Waals surface area contributed by atoms with E-state index in [4.69, 9.17) is 8.33 Å². The maximum absolute atomic E-state index is 7.49. The molecule has 0 aromatic heterocycles. The second-order valence-electron chi connectivity index (χ2n) is 16.2. The molecule has 1 aliphatic rings. The van der Waals surface area contributed by atoms with E-state index in [1.807, 2.05) is 0 Å². The van der Waals surface area contributed by atoms with Crippen LogP contribution < -0.4 is 3.12 Å². The molecule has 0 spiro atoms. The standard InChI is InChI=1S/C19H23N2O.2C6H18NSi2.Sn/c1-13(2)16-11-8-12-17(14(3)4)18(16)20-19(21-22)15-9-6-5-7-10-15;2*1-8(2,3)7-9(4,5)6;/h5-14H,1-4H3,(H-,20,21,22);2*1-6H3;/q3*-1;+4/p-1. The third-order valence-corrected chi connectivity index (χ3v) is 59.0. The molecule has 3 rings (SSSR count). The fraction of sp³-hybridized carbons (Fsp3) is 0.581. The van der Waals surface area contributed by atoms with Crippen LogP contribution in [0.15, 0.2) is 53.7 Å². The van der Waals surface area contributed by atoms with E-state index < -0.39 is 52.6 Å². The summed E-state index contributed by atoms with van der Waals surface area (Å²) >= 11 is -4.35. The number of amidine groups is 1. The topological polar surface area (TPSA) is 31.3 Å². The van der Waals surface area contributed by atoms with Gasteiger partial charge in [0, 0.05) is 0 Å². The predicted octanol–water partition coefficient (Wildman–Crippen LogP) is 9.51. The SMILES string of the molecule is CC(C)c1cccc(C(C)C)c1[N]1C(c2ccccc2)=N[O][Sn]1([N]([Si](C)(C)C)[Si](C)(C)C)[N]([Si](C)(C)C)[Si](C)(C)C. The molecule has 228 valence electrons. The van der Waals surface area contributed by atoms with E-state index in [0.717, 1.165) is 11.4 Å². The number of nitrogens with zero attached hydrogens (tertiary/aromatic N) is 4. The van der Waals surface area contributed by atoms with Crippen molar-refractivity contribution in [2.75, 3.05) is 3.12 Å². The van der Waals surface area contributed by atoms with Crippen LogP contribution >= 0.6 is 0 Å². The monoisotopic (exact) mass is 734 g/mol. The quantitative estimate of drug-likeness (QED) is 0.228. The van der Waals surface area contributed by atoms with Gasteiger partial charge in [-0.3, -0.25) is 0 Å². The Kier molecular flexibility index (Phi) is 10.2. The van der Waals surface area contributed by atoms with Crippen LogP contribution in [0.5, 0.6) is 0 Å². The number of hydrogen-bond donors (Lipinski definition) is 0. The molecule has 5 nitrogen and oxygen atoms in total. The summed E-state index contributed by atoms with van der Waals surface area (Å²) in [6.07, 6.45) is 0. The molecule has 1 heterocycles. The summed E-state index contributed by atoms with van der Waals surface area (Å²) in [5.41, 5.74) is 5.33. The van der Waals surface area contributed by atoms with Crippen LogP contribution in [-0.4, -0.2) is 63.3 Å². The van der Waals surface area contributed by atoms with Gasteiger partial charge in [-0.05, 0) is 0 Å². The van der Waals surface area contributed by atoms with Gasteiger partial charge in [0.05, 0.1) is 0 Å². The molecule has 2 aromatic rings. The number of rotatable bonds is 10. The number of anilines is 1. The average Bonchev–Trinajstić information content (AvgIpc) is 3.13. The van der Waals surface area contributed by atoms with Gasteiger partial charge in [0.15, 0.2) is 0 Å². The van der Waals surface area contributed by atoms with Gasteiger partial charge in [0.1, 0.15) is 0 Å². The Bertz CT molecular complexity index is 1160. The molecule has 41 heavy (non-hydrogen) atoms. The first-order chi connectivity index (χ1) is 18.6. The normalized spacial score (nSPS) is 16.7. The van der Waals surface area contributed by atoms with Crippen LogP contribution in [0.4, 0.5) is 5.69 Å². The molecule has 10 heteroatoms. The van der Waals surface area contributed by atoms with E-state index in [-0.39, 0.29) is 0 Å². The molecular weight excluding hydrogens is 675 g/mol. The van der Waals surface area contributed by atoms with Gasteiger partial charge < -0.3 is 0 Å².